The fourth-order valence-electron chi connectivity index (χ4n) is 3.29. The molecule has 3 heterocycles. The van der Waals surface area contributed by atoms with Crippen LogP contribution in [0.5, 0.6) is 0 Å². The van der Waals surface area contributed by atoms with Gasteiger partial charge in [-0.2, -0.15) is 0 Å². The molecule has 2 aromatic heterocycles. The molecule has 152 valence electrons. The molecule has 0 unspecified atom stereocenters. The summed E-state index contributed by atoms with van der Waals surface area (Å²) < 4.78 is 5.95. The maximum atomic E-state index is 12.1. The van der Waals surface area contributed by atoms with Gasteiger partial charge in [-0.15, -0.1) is 0 Å². The number of carbonyl (C=O) groups excluding carboxylic acids is 2. The summed E-state index contributed by atoms with van der Waals surface area (Å²) in [4.78, 5) is 34.8. The normalized spacial score (nSPS) is 19.0. The number of nitrogens with zero attached hydrogens (tertiary/aromatic N) is 3. The first-order valence-electron chi connectivity index (χ1n) is 9.25. The largest absolute Gasteiger partial charge is 0.370 e. The Kier molecular flexibility index (Phi) is 6.30. The molecule has 29 heavy (non-hydrogen) atoms. The van der Waals surface area contributed by atoms with E-state index in [0.717, 1.165) is 5.56 Å². The number of halogens is 1. The number of pyridine rings is 2. The van der Waals surface area contributed by atoms with E-state index in [-0.39, 0.29) is 29.1 Å². The van der Waals surface area contributed by atoms with Crippen LogP contribution in [0.15, 0.2) is 36.9 Å². The molecule has 1 N–H and O–H groups in total. The predicted molar refractivity (Wildman–Crippen MR) is 111 cm³/mol. The van der Waals surface area contributed by atoms with Gasteiger partial charge in [-0.1, -0.05) is 18.2 Å². The van der Waals surface area contributed by atoms with Crippen molar-refractivity contribution >= 4 is 23.4 Å². The van der Waals surface area contributed by atoms with Crippen LogP contribution in [-0.2, 0) is 9.53 Å². The van der Waals surface area contributed by atoms with Gasteiger partial charge in [-0.3, -0.25) is 14.6 Å². The predicted octanol–water partition coefficient (Wildman–Crippen LogP) is 2.94. The molecule has 1 fully saturated rings. The van der Waals surface area contributed by atoms with Gasteiger partial charge in [0.25, 0.3) is 5.91 Å². The van der Waals surface area contributed by atoms with Crippen LogP contribution in [0, 0.1) is 6.92 Å². The van der Waals surface area contributed by atoms with Crippen molar-refractivity contribution in [1.29, 1.82) is 0 Å². The lowest BCUT2D eigenvalue weighted by molar-refractivity contribution is -0.139. The Hall–Kier alpha value is -2.77. The van der Waals surface area contributed by atoms with Gasteiger partial charge in [0.05, 0.1) is 30.6 Å². The fraction of sp³-hybridized carbons (Fsp3) is 0.333. The van der Waals surface area contributed by atoms with Gasteiger partial charge in [0.15, 0.2) is 0 Å². The minimum absolute atomic E-state index is 0.0397. The van der Waals surface area contributed by atoms with Gasteiger partial charge in [-0.05, 0) is 49.8 Å². The molecule has 2 amide bonds. The van der Waals surface area contributed by atoms with Crippen molar-refractivity contribution in [2.45, 2.75) is 26.0 Å². The lowest BCUT2D eigenvalue weighted by Gasteiger charge is -2.37. The third kappa shape index (κ3) is 4.63. The highest BCUT2D eigenvalue weighted by atomic mass is 35.5. The third-order valence-electron chi connectivity index (χ3n) is 4.78. The van der Waals surface area contributed by atoms with E-state index in [1.165, 1.54) is 6.08 Å². The average molecular weight is 415 g/mol. The van der Waals surface area contributed by atoms with Crippen LogP contribution in [-0.4, -0.2) is 52.9 Å². The number of rotatable bonds is 4. The molecular formula is C21H23ClN4O3. The third-order valence-corrected chi connectivity index (χ3v) is 4.98. The minimum Gasteiger partial charge on any atom is -0.370 e. The van der Waals surface area contributed by atoms with E-state index < -0.39 is 0 Å². The van der Waals surface area contributed by atoms with Gasteiger partial charge >= 0.3 is 0 Å². The Morgan fingerprint density at radius 3 is 2.69 bits per heavy atom. The standard InChI is InChI=1S/C21H23ClN4O3/c1-5-20(27)26-10-18(29-11-13(26)3)14-7-17(25-19(22)9-14)16-8-15(21(28)23-4)6-12(2)24-16/h5-9,13,18H,1,10-11H2,2-4H3,(H,23,28)/t13-,18-/m0/s1. The monoisotopic (exact) mass is 414 g/mol. The molecule has 1 aliphatic rings. The zero-order valence-electron chi connectivity index (χ0n) is 16.6. The summed E-state index contributed by atoms with van der Waals surface area (Å²) in [5, 5.41) is 2.89. The molecule has 3 rings (SSSR count). The van der Waals surface area contributed by atoms with Crippen LogP contribution in [0.3, 0.4) is 0 Å². The first kappa shape index (κ1) is 21.0. The van der Waals surface area contributed by atoms with Crippen molar-refractivity contribution < 1.29 is 14.3 Å². The van der Waals surface area contributed by atoms with Crippen LogP contribution in [0.4, 0.5) is 0 Å². The van der Waals surface area contributed by atoms with E-state index in [0.29, 0.717) is 35.8 Å². The molecule has 2 aromatic rings. The highest BCUT2D eigenvalue weighted by Gasteiger charge is 2.30. The molecule has 0 aliphatic carbocycles. The van der Waals surface area contributed by atoms with E-state index in [2.05, 4.69) is 21.9 Å². The summed E-state index contributed by atoms with van der Waals surface area (Å²) >= 11 is 6.27. The number of ether oxygens (including phenoxy) is 1. The molecule has 7 nitrogen and oxygen atoms in total. The second-order valence-corrected chi connectivity index (χ2v) is 7.32. The molecule has 0 saturated carbocycles. The zero-order chi connectivity index (χ0) is 21.1. The van der Waals surface area contributed by atoms with Crippen LogP contribution in [0.2, 0.25) is 5.15 Å². The van der Waals surface area contributed by atoms with Crippen molar-refractivity contribution in [3.05, 3.63) is 58.9 Å². The number of morpholine rings is 1. The number of carbonyl (C=O) groups is 2. The highest BCUT2D eigenvalue weighted by molar-refractivity contribution is 6.29. The van der Waals surface area contributed by atoms with Gasteiger partial charge in [0, 0.05) is 18.3 Å². The lowest BCUT2D eigenvalue weighted by Crippen LogP contribution is -2.47. The summed E-state index contributed by atoms with van der Waals surface area (Å²) in [5.74, 6) is -0.344. The zero-order valence-corrected chi connectivity index (χ0v) is 17.4. The van der Waals surface area contributed by atoms with Crippen molar-refractivity contribution in [2.24, 2.45) is 0 Å². The highest BCUT2D eigenvalue weighted by Crippen LogP contribution is 2.30. The number of amides is 2. The first-order valence-corrected chi connectivity index (χ1v) is 9.63. The molecule has 0 spiro atoms. The molecule has 0 aromatic carbocycles. The summed E-state index contributed by atoms with van der Waals surface area (Å²) in [6.07, 6.45) is 0.957. The van der Waals surface area contributed by atoms with Gasteiger partial charge < -0.3 is 15.0 Å². The smallest absolute Gasteiger partial charge is 0.251 e. The summed E-state index contributed by atoms with van der Waals surface area (Å²) in [6.45, 7) is 8.10. The molecule has 0 radical (unpaired) electrons. The van der Waals surface area contributed by atoms with Crippen LogP contribution >= 0.6 is 11.6 Å². The SMILES string of the molecule is C=CC(=O)N1C[C@@H](c2cc(Cl)nc(-c3cc(C(=O)NC)cc(C)n3)c2)OC[C@@H]1C. The summed E-state index contributed by atoms with van der Waals surface area (Å²) in [7, 11) is 1.57. The van der Waals surface area contributed by atoms with Crippen molar-refractivity contribution in [3.63, 3.8) is 0 Å². The Balaban J connectivity index is 1.97. The van der Waals surface area contributed by atoms with Crippen molar-refractivity contribution in [3.8, 4) is 11.4 Å². The molecule has 1 saturated heterocycles. The van der Waals surface area contributed by atoms with E-state index >= 15 is 0 Å². The van der Waals surface area contributed by atoms with E-state index in [1.807, 2.05) is 19.9 Å². The molecule has 8 heteroatoms. The molecule has 0 bridgehead atoms. The van der Waals surface area contributed by atoms with Gasteiger partial charge in [-0.25, -0.2) is 4.98 Å². The van der Waals surface area contributed by atoms with Crippen molar-refractivity contribution in [1.82, 2.24) is 20.2 Å². The Morgan fingerprint density at radius 2 is 2.00 bits per heavy atom. The Labute approximate surface area is 174 Å². The van der Waals surface area contributed by atoms with E-state index in [1.54, 1.807) is 30.1 Å². The van der Waals surface area contributed by atoms with E-state index in [4.69, 9.17) is 16.3 Å². The molecule has 1 aliphatic heterocycles. The second-order valence-electron chi connectivity index (χ2n) is 6.94. The molecular weight excluding hydrogens is 392 g/mol. The Morgan fingerprint density at radius 1 is 1.28 bits per heavy atom. The molecule has 2 atom stereocenters. The lowest BCUT2D eigenvalue weighted by atomic mass is 10.0. The average Bonchev–Trinajstić information content (AvgIpc) is 2.72. The Bertz CT molecular complexity index is 963. The maximum absolute atomic E-state index is 12.1. The maximum Gasteiger partial charge on any atom is 0.251 e. The van der Waals surface area contributed by atoms with Gasteiger partial charge in [0.1, 0.15) is 11.3 Å². The summed E-state index contributed by atoms with van der Waals surface area (Å²) in [6, 6.07) is 6.89. The second kappa shape index (κ2) is 8.71. The van der Waals surface area contributed by atoms with Crippen LogP contribution in [0.1, 0.15) is 34.6 Å². The number of nitrogens with one attached hydrogen (secondary N) is 1. The van der Waals surface area contributed by atoms with E-state index in [9.17, 15) is 9.59 Å². The number of aryl methyl sites for hydroxylation is 1. The van der Waals surface area contributed by atoms with Crippen LogP contribution < -0.4 is 5.32 Å². The number of hydrogen-bond acceptors (Lipinski definition) is 5. The summed E-state index contributed by atoms with van der Waals surface area (Å²) in [5.41, 5.74) is 3.04. The number of aromatic nitrogens is 2. The van der Waals surface area contributed by atoms with Gasteiger partial charge in [0.2, 0.25) is 5.91 Å². The fourth-order valence-corrected chi connectivity index (χ4v) is 3.51. The van der Waals surface area contributed by atoms with Crippen molar-refractivity contribution in [2.75, 3.05) is 20.2 Å². The first-order chi connectivity index (χ1) is 13.8. The van der Waals surface area contributed by atoms with Crippen LogP contribution in [0.25, 0.3) is 11.4 Å². The topological polar surface area (TPSA) is 84.4 Å². The minimum atomic E-state index is -0.349. The quantitative estimate of drug-likeness (QED) is 0.614. The number of hydrogen-bond donors (Lipinski definition) is 1.